The topological polar surface area (TPSA) is 69.7 Å². The number of aryl methyl sites for hydroxylation is 1. The van der Waals surface area contributed by atoms with Gasteiger partial charge in [-0.2, -0.15) is 0 Å². The quantitative estimate of drug-likeness (QED) is 0.888. The van der Waals surface area contributed by atoms with Gasteiger partial charge in [0.25, 0.3) is 5.91 Å². The Bertz CT molecular complexity index is 919. The van der Waals surface area contributed by atoms with Gasteiger partial charge in [0.05, 0.1) is 5.92 Å². The van der Waals surface area contributed by atoms with Crippen LogP contribution in [0.25, 0.3) is 0 Å². The van der Waals surface area contributed by atoms with Gasteiger partial charge >= 0.3 is 0 Å². The van der Waals surface area contributed by atoms with Crippen LogP contribution in [0.5, 0.6) is 0 Å². The fourth-order valence-corrected chi connectivity index (χ4v) is 3.34. The van der Waals surface area contributed by atoms with Gasteiger partial charge in [0.1, 0.15) is 0 Å². The van der Waals surface area contributed by atoms with Crippen molar-refractivity contribution in [3.8, 4) is 0 Å². The third kappa shape index (κ3) is 3.91. The molecule has 0 spiro atoms. The van der Waals surface area contributed by atoms with E-state index in [0.29, 0.717) is 17.8 Å². The molecule has 2 aromatic carbocycles. The summed E-state index contributed by atoms with van der Waals surface area (Å²) in [5.74, 6) is -0.729. The van der Waals surface area contributed by atoms with Crippen LogP contribution in [0.4, 0.5) is 11.4 Å². The van der Waals surface area contributed by atoms with E-state index in [4.69, 9.17) is 0 Å². The standard InChI is InChI=1S/C22H25N3O3/c1-14-6-5-7-19(15(14)2)25-13-17(12-20(25)26)21(27)23-18-10-8-16(9-11-18)22(28)24(3)4/h5-11,17H,12-13H2,1-4H3,(H,23,27). The molecule has 6 heteroatoms. The summed E-state index contributed by atoms with van der Waals surface area (Å²) < 4.78 is 0. The van der Waals surface area contributed by atoms with Crippen molar-refractivity contribution in [1.29, 1.82) is 0 Å². The Morgan fingerprint density at radius 3 is 2.39 bits per heavy atom. The molecule has 1 N–H and O–H groups in total. The lowest BCUT2D eigenvalue weighted by atomic mass is 10.1. The summed E-state index contributed by atoms with van der Waals surface area (Å²) in [5.41, 5.74) is 4.20. The first-order chi connectivity index (χ1) is 13.3. The fraction of sp³-hybridized carbons (Fsp3) is 0.318. The number of anilines is 2. The summed E-state index contributed by atoms with van der Waals surface area (Å²) in [4.78, 5) is 40.3. The van der Waals surface area contributed by atoms with Crippen molar-refractivity contribution in [2.24, 2.45) is 5.92 Å². The van der Waals surface area contributed by atoms with Gasteiger partial charge in [-0.25, -0.2) is 0 Å². The largest absolute Gasteiger partial charge is 0.345 e. The minimum Gasteiger partial charge on any atom is -0.345 e. The van der Waals surface area contributed by atoms with Crippen molar-refractivity contribution in [1.82, 2.24) is 4.90 Å². The highest BCUT2D eigenvalue weighted by Gasteiger charge is 2.35. The van der Waals surface area contributed by atoms with Crippen molar-refractivity contribution in [2.75, 3.05) is 30.9 Å². The maximum Gasteiger partial charge on any atom is 0.253 e. The second-order valence-corrected chi connectivity index (χ2v) is 7.39. The highest BCUT2D eigenvalue weighted by atomic mass is 16.2. The maximum absolute atomic E-state index is 12.7. The third-order valence-corrected chi connectivity index (χ3v) is 5.17. The lowest BCUT2D eigenvalue weighted by molar-refractivity contribution is -0.122. The molecule has 0 radical (unpaired) electrons. The normalized spacial score (nSPS) is 16.2. The van der Waals surface area contributed by atoms with E-state index in [1.807, 2.05) is 32.0 Å². The minimum atomic E-state index is -0.407. The highest BCUT2D eigenvalue weighted by molar-refractivity contribution is 6.04. The van der Waals surface area contributed by atoms with Crippen LogP contribution in [0.3, 0.4) is 0 Å². The molecule has 6 nitrogen and oxygen atoms in total. The number of benzene rings is 2. The summed E-state index contributed by atoms with van der Waals surface area (Å²) >= 11 is 0. The zero-order valence-electron chi connectivity index (χ0n) is 16.7. The van der Waals surface area contributed by atoms with Gasteiger partial charge in [-0.3, -0.25) is 14.4 Å². The maximum atomic E-state index is 12.7. The number of carbonyl (C=O) groups excluding carboxylic acids is 3. The Balaban J connectivity index is 1.68. The van der Waals surface area contributed by atoms with Crippen molar-refractivity contribution < 1.29 is 14.4 Å². The molecule has 1 aliphatic rings. The molecule has 0 saturated carbocycles. The van der Waals surface area contributed by atoms with E-state index in [9.17, 15) is 14.4 Å². The van der Waals surface area contributed by atoms with Crippen LogP contribution in [0, 0.1) is 19.8 Å². The number of rotatable bonds is 4. The van der Waals surface area contributed by atoms with Gasteiger partial charge in [0.2, 0.25) is 11.8 Å². The summed E-state index contributed by atoms with van der Waals surface area (Å²) in [5, 5.41) is 2.86. The monoisotopic (exact) mass is 379 g/mol. The summed E-state index contributed by atoms with van der Waals surface area (Å²) in [6.45, 7) is 4.36. The molecule has 1 atom stereocenters. The van der Waals surface area contributed by atoms with Gasteiger partial charge in [0.15, 0.2) is 0 Å². The third-order valence-electron chi connectivity index (χ3n) is 5.17. The number of hydrogen-bond donors (Lipinski definition) is 1. The van der Waals surface area contributed by atoms with E-state index in [0.717, 1.165) is 16.8 Å². The van der Waals surface area contributed by atoms with Crippen LogP contribution in [0.2, 0.25) is 0 Å². The molecule has 0 aliphatic carbocycles. The molecule has 1 aliphatic heterocycles. The van der Waals surface area contributed by atoms with E-state index < -0.39 is 5.92 Å². The smallest absolute Gasteiger partial charge is 0.253 e. The lowest BCUT2D eigenvalue weighted by Crippen LogP contribution is -2.28. The van der Waals surface area contributed by atoms with Crippen molar-refractivity contribution in [3.63, 3.8) is 0 Å². The molecule has 146 valence electrons. The second-order valence-electron chi connectivity index (χ2n) is 7.39. The van der Waals surface area contributed by atoms with E-state index in [1.165, 1.54) is 4.90 Å². The van der Waals surface area contributed by atoms with E-state index in [1.54, 1.807) is 43.3 Å². The van der Waals surface area contributed by atoms with Gasteiger partial charge in [-0.05, 0) is 55.3 Å². The molecule has 0 aromatic heterocycles. The van der Waals surface area contributed by atoms with Gasteiger partial charge in [-0.1, -0.05) is 12.1 Å². The predicted molar refractivity (Wildman–Crippen MR) is 109 cm³/mol. The number of nitrogens with zero attached hydrogens (tertiary/aromatic N) is 2. The Labute approximate surface area is 165 Å². The van der Waals surface area contributed by atoms with Crippen LogP contribution in [0.15, 0.2) is 42.5 Å². The van der Waals surface area contributed by atoms with Crippen LogP contribution in [0.1, 0.15) is 27.9 Å². The first-order valence-corrected chi connectivity index (χ1v) is 9.27. The molecule has 3 rings (SSSR count). The Morgan fingerprint density at radius 1 is 1.07 bits per heavy atom. The van der Waals surface area contributed by atoms with E-state index in [-0.39, 0.29) is 24.1 Å². The molecule has 1 unspecified atom stereocenters. The van der Waals surface area contributed by atoms with E-state index in [2.05, 4.69) is 5.32 Å². The summed E-state index contributed by atoms with van der Waals surface area (Å²) in [6.07, 6.45) is 0.191. The van der Waals surface area contributed by atoms with Crippen LogP contribution in [-0.2, 0) is 9.59 Å². The van der Waals surface area contributed by atoms with Crippen LogP contribution < -0.4 is 10.2 Å². The highest BCUT2D eigenvalue weighted by Crippen LogP contribution is 2.30. The summed E-state index contributed by atoms with van der Waals surface area (Å²) in [7, 11) is 3.38. The number of amides is 3. The molecular formula is C22H25N3O3. The van der Waals surface area contributed by atoms with Crippen molar-refractivity contribution >= 4 is 29.1 Å². The Morgan fingerprint density at radius 2 is 1.75 bits per heavy atom. The molecule has 28 heavy (non-hydrogen) atoms. The minimum absolute atomic E-state index is 0.0409. The zero-order valence-corrected chi connectivity index (χ0v) is 16.7. The first kappa shape index (κ1) is 19.6. The van der Waals surface area contributed by atoms with E-state index >= 15 is 0 Å². The van der Waals surface area contributed by atoms with Gasteiger partial charge in [-0.15, -0.1) is 0 Å². The molecule has 3 amide bonds. The lowest BCUT2D eigenvalue weighted by Gasteiger charge is -2.20. The molecule has 1 heterocycles. The van der Waals surface area contributed by atoms with Gasteiger partial charge in [0, 0.05) is 44.0 Å². The molecule has 0 bridgehead atoms. The van der Waals surface area contributed by atoms with Crippen LogP contribution >= 0.6 is 0 Å². The number of hydrogen-bond acceptors (Lipinski definition) is 3. The Kier molecular flexibility index (Phi) is 5.49. The molecular weight excluding hydrogens is 354 g/mol. The average molecular weight is 379 g/mol. The second kappa shape index (κ2) is 7.84. The van der Waals surface area contributed by atoms with Crippen LogP contribution in [-0.4, -0.2) is 43.3 Å². The first-order valence-electron chi connectivity index (χ1n) is 9.27. The number of nitrogens with one attached hydrogen (secondary N) is 1. The van der Waals surface area contributed by atoms with Crippen molar-refractivity contribution in [2.45, 2.75) is 20.3 Å². The number of carbonyl (C=O) groups is 3. The SMILES string of the molecule is Cc1cccc(N2CC(C(=O)Nc3ccc(C(=O)N(C)C)cc3)CC2=O)c1C. The molecule has 1 saturated heterocycles. The van der Waals surface area contributed by atoms with Gasteiger partial charge < -0.3 is 15.1 Å². The predicted octanol–water partition coefficient (Wildman–Crippen LogP) is 3.00. The molecule has 1 fully saturated rings. The Hall–Kier alpha value is -3.15. The van der Waals surface area contributed by atoms with Crippen molar-refractivity contribution in [3.05, 3.63) is 59.2 Å². The fourth-order valence-electron chi connectivity index (χ4n) is 3.34. The average Bonchev–Trinajstić information content (AvgIpc) is 3.05. The molecule has 2 aromatic rings. The zero-order chi connectivity index (χ0) is 20.4. The summed E-state index contributed by atoms with van der Waals surface area (Å²) in [6, 6.07) is 12.6.